The molecule has 0 aliphatic carbocycles. The van der Waals surface area contributed by atoms with E-state index in [-0.39, 0.29) is 11.4 Å². The molecular weight excluding hydrogens is 238 g/mol. The summed E-state index contributed by atoms with van der Waals surface area (Å²) in [5.41, 5.74) is 0.973. The van der Waals surface area contributed by atoms with Crippen molar-refractivity contribution in [2.24, 2.45) is 0 Å². The molecule has 4 nitrogen and oxygen atoms in total. The number of nitrogens with one attached hydrogen (secondary N) is 1. The van der Waals surface area contributed by atoms with E-state index in [2.05, 4.69) is 17.2 Å². The highest BCUT2D eigenvalue weighted by Crippen LogP contribution is 2.29. The van der Waals surface area contributed by atoms with Gasteiger partial charge < -0.3 is 10.2 Å². The van der Waals surface area contributed by atoms with Gasteiger partial charge in [-0.15, -0.1) is 0 Å². The first kappa shape index (κ1) is 14.0. The molecule has 1 fully saturated rings. The zero-order valence-electron chi connectivity index (χ0n) is 11.9. The van der Waals surface area contributed by atoms with Gasteiger partial charge in [-0.25, -0.2) is 0 Å². The Morgan fingerprint density at radius 1 is 1.53 bits per heavy atom. The smallest absolute Gasteiger partial charge is 0.223 e. The molecule has 19 heavy (non-hydrogen) atoms. The summed E-state index contributed by atoms with van der Waals surface area (Å²) in [7, 11) is 1.94. The van der Waals surface area contributed by atoms with E-state index in [1.165, 1.54) is 0 Å². The van der Waals surface area contributed by atoms with Crippen LogP contribution in [-0.4, -0.2) is 41.5 Å². The minimum atomic E-state index is -0.0179. The number of carbonyl (C=O) groups is 1. The number of aromatic nitrogens is 1. The van der Waals surface area contributed by atoms with Crippen molar-refractivity contribution in [3.05, 3.63) is 30.1 Å². The van der Waals surface area contributed by atoms with Crippen LogP contribution in [0.3, 0.4) is 0 Å². The molecule has 104 valence electrons. The van der Waals surface area contributed by atoms with Gasteiger partial charge in [-0.3, -0.25) is 9.78 Å². The average Bonchev–Trinajstić information content (AvgIpc) is 2.79. The highest BCUT2D eigenvalue weighted by atomic mass is 16.2. The van der Waals surface area contributed by atoms with Crippen LogP contribution in [0.4, 0.5) is 0 Å². The Balaban J connectivity index is 1.92. The van der Waals surface area contributed by atoms with E-state index in [1.54, 1.807) is 6.20 Å². The summed E-state index contributed by atoms with van der Waals surface area (Å²) in [4.78, 5) is 18.7. The number of hydrogen-bond donors (Lipinski definition) is 1. The molecule has 0 saturated carbocycles. The van der Waals surface area contributed by atoms with E-state index < -0.39 is 0 Å². The van der Waals surface area contributed by atoms with Crippen LogP contribution in [0.25, 0.3) is 0 Å². The van der Waals surface area contributed by atoms with Crippen molar-refractivity contribution in [2.45, 2.75) is 38.1 Å². The molecule has 0 bridgehead atoms. The second-order valence-electron chi connectivity index (χ2n) is 5.50. The van der Waals surface area contributed by atoms with E-state index in [9.17, 15) is 4.79 Å². The third kappa shape index (κ3) is 3.32. The molecule has 0 aromatic carbocycles. The molecular formula is C15H23N3O. The van der Waals surface area contributed by atoms with Crippen LogP contribution in [-0.2, 0) is 11.2 Å². The molecule has 1 amide bonds. The molecule has 1 aromatic rings. The fraction of sp³-hybridized carbons (Fsp3) is 0.600. The number of hydrogen-bond acceptors (Lipinski definition) is 3. The van der Waals surface area contributed by atoms with Crippen molar-refractivity contribution in [3.63, 3.8) is 0 Å². The van der Waals surface area contributed by atoms with Gasteiger partial charge in [0.2, 0.25) is 5.91 Å². The number of likely N-dealkylation sites (tertiary alicyclic amines) is 1. The largest absolute Gasteiger partial charge is 0.336 e. The fourth-order valence-electron chi connectivity index (χ4n) is 2.93. The molecule has 1 unspecified atom stereocenters. The molecule has 1 N–H and O–H groups in total. The lowest BCUT2D eigenvalue weighted by Gasteiger charge is -2.35. The Morgan fingerprint density at radius 3 is 3.05 bits per heavy atom. The second kappa shape index (κ2) is 6.15. The Labute approximate surface area is 115 Å². The first-order valence-electron chi connectivity index (χ1n) is 7.01. The normalized spacial score (nSPS) is 22.7. The monoisotopic (exact) mass is 261 g/mol. The molecule has 2 rings (SSSR count). The minimum Gasteiger partial charge on any atom is -0.336 e. The van der Waals surface area contributed by atoms with Crippen molar-refractivity contribution >= 4 is 5.91 Å². The van der Waals surface area contributed by atoms with Gasteiger partial charge in [0.05, 0.1) is 5.54 Å². The van der Waals surface area contributed by atoms with Crippen LogP contribution in [0.1, 0.15) is 31.9 Å². The van der Waals surface area contributed by atoms with Crippen LogP contribution >= 0.6 is 0 Å². The maximum Gasteiger partial charge on any atom is 0.223 e. The SMILES string of the molecule is CNCC1(C)CCCN1C(=O)CCc1ccccn1. The van der Waals surface area contributed by atoms with Crippen LogP contribution in [0, 0.1) is 0 Å². The van der Waals surface area contributed by atoms with Gasteiger partial charge in [-0.2, -0.15) is 0 Å². The maximum absolute atomic E-state index is 12.4. The van der Waals surface area contributed by atoms with E-state index in [0.717, 1.165) is 38.0 Å². The van der Waals surface area contributed by atoms with Crippen molar-refractivity contribution in [3.8, 4) is 0 Å². The van der Waals surface area contributed by atoms with Crippen LogP contribution in [0.15, 0.2) is 24.4 Å². The van der Waals surface area contributed by atoms with Gasteiger partial charge in [0, 0.05) is 31.4 Å². The summed E-state index contributed by atoms with van der Waals surface area (Å²) in [6.45, 7) is 3.93. The zero-order valence-corrected chi connectivity index (χ0v) is 11.9. The first-order valence-corrected chi connectivity index (χ1v) is 7.01. The fourth-order valence-corrected chi connectivity index (χ4v) is 2.93. The number of carbonyl (C=O) groups excluding carboxylic acids is 1. The third-order valence-corrected chi connectivity index (χ3v) is 3.93. The topological polar surface area (TPSA) is 45.2 Å². The van der Waals surface area contributed by atoms with Crippen LogP contribution in [0.2, 0.25) is 0 Å². The number of likely N-dealkylation sites (N-methyl/N-ethyl adjacent to an activating group) is 1. The number of pyridine rings is 1. The number of nitrogens with zero attached hydrogens (tertiary/aromatic N) is 2. The molecule has 0 radical (unpaired) electrons. The van der Waals surface area contributed by atoms with E-state index >= 15 is 0 Å². The predicted molar refractivity (Wildman–Crippen MR) is 75.8 cm³/mol. The van der Waals surface area contributed by atoms with Gasteiger partial charge in [-0.05, 0) is 45.4 Å². The summed E-state index contributed by atoms with van der Waals surface area (Å²) in [5, 5.41) is 3.20. The summed E-state index contributed by atoms with van der Waals surface area (Å²) in [6.07, 6.45) is 5.25. The summed E-state index contributed by atoms with van der Waals surface area (Å²) in [6, 6.07) is 5.84. The van der Waals surface area contributed by atoms with Crippen molar-refractivity contribution < 1.29 is 4.79 Å². The standard InChI is InChI=1S/C15H23N3O/c1-15(12-16-2)9-5-11-18(15)14(19)8-7-13-6-3-4-10-17-13/h3-4,6,10,16H,5,7-9,11-12H2,1-2H3. The number of rotatable bonds is 5. The lowest BCUT2D eigenvalue weighted by atomic mass is 9.98. The van der Waals surface area contributed by atoms with Gasteiger partial charge >= 0.3 is 0 Å². The maximum atomic E-state index is 12.4. The zero-order chi connectivity index (χ0) is 13.7. The van der Waals surface area contributed by atoms with Gasteiger partial charge in [0.25, 0.3) is 0 Å². The molecule has 1 aromatic heterocycles. The lowest BCUT2D eigenvalue weighted by Crippen LogP contribution is -2.50. The first-order chi connectivity index (χ1) is 9.15. The van der Waals surface area contributed by atoms with Gasteiger partial charge in [-0.1, -0.05) is 6.07 Å². The highest BCUT2D eigenvalue weighted by Gasteiger charge is 2.38. The summed E-state index contributed by atoms with van der Waals surface area (Å²) < 4.78 is 0. The van der Waals surface area contributed by atoms with Crippen molar-refractivity contribution in [2.75, 3.05) is 20.1 Å². The molecule has 2 heterocycles. The molecule has 0 spiro atoms. The number of amides is 1. The highest BCUT2D eigenvalue weighted by molar-refractivity contribution is 5.77. The van der Waals surface area contributed by atoms with Crippen LogP contribution in [0.5, 0.6) is 0 Å². The summed E-state index contributed by atoms with van der Waals surface area (Å²) in [5.74, 6) is 0.251. The van der Waals surface area contributed by atoms with Crippen molar-refractivity contribution in [1.29, 1.82) is 0 Å². The molecule has 1 aliphatic heterocycles. The minimum absolute atomic E-state index is 0.0179. The number of aryl methyl sites for hydroxylation is 1. The quantitative estimate of drug-likeness (QED) is 0.876. The molecule has 1 atom stereocenters. The molecule has 1 aliphatic rings. The third-order valence-electron chi connectivity index (χ3n) is 3.93. The summed E-state index contributed by atoms with van der Waals surface area (Å²) >= 11 is 0. The Kier molecular flexibility index (Phi) is 4.53. The van der Waals surface area contributed by atoms with Gasteiger partial charge in [0.1, 0.15) is 0 Å². The van der Waals surface area contributed by atoms with Crippen LogP contribution < -0.4 is 5.32 Å². The predicted octanol–water partition coefficient (Wildman–Crippen LogP) is 1.61. The lowest BCUT2D eigenvalue weighted by molar-refractivity contribution is -0.134. The second-order valence-corrected chi connectivity index (χ2v) is 5.50. The molecule has 4 heteroatoms. The van der Waals surface area contributed by atoms with E-state index in [1.807, 2.05) is 30.1 Å². The van der Waals surface area contributed by atoms with E-state index in [0.29, 0.717) is 6.42 Å². The van der Waals surface area contributed by atoms with Gasteiger partial charge in [0.15, 0.2) is 0 Å². The average molecular weight is 261 g/mol. The van der Waals surface area contributed by atoms with Crippen molar-refractivity contribution in [1.82, 2.24) is 15.2 Å². The Morgan fingerprint density at radius 2 is 2.37 bits per heavy atom. The molecule has 1 saturated heterocycles. The Bertz CT molecular complexity index is 421. The van der Waals surface area contributed by atoms with E-state index in [4.69, 9.17) is 0 Å². The Hall–Kier alpha value is -1.42.